The summed E-state index contributed by atoms with van der Waals surface area (Å²) in [5, 5.41) is 2.07. The maximum atomic E-state index is 4.88. The zero-order chi connectivity index (χ0) is 16.8. The van der Waals surface area contributed by atoms with E-state index in [0.717, 1.165) is 36.7 Å². The molecular weight excluding hydrogens is 300 g/mol. The van der Waals surface area contributed by atoms with Crippen LogP contribution in [0.1, 0.15) is 40.5 Å². The van der Waals surface area contributed by atoms with Crippen LogP contribution in [-0.2, 0) is 0 Å². The molecule has 0 aliphatic carbocycles. The molecular formula is C20H28N2S. The van der Waals surface area contributed by atoms with Crippen molar-refractivity contribution in [3.05, 3.63) is 58.0 Å². The quantitative estimate of drug-likeness (QED) is 0.582. The van der Waals surface area contributed by atoms with Crippen molar-refractivity contribution in [2.45, 2.75) is 40.5 Å². The van der Waals surface area contributed by atoms with Gasteiger partial charge in [-0.15, -0.1) is 0 Å². The zero-order valence-electron chi connectivity index (χ0n) is 14.8. The van der Waals surface area contributed by atoms with Crippen LogP contribution in [0.25, 0.3) is 0 Å². The highest BCUT2D eigenvalue weighted by atomic mass is 32.2. The number of hydrogen-bond acceptors (Lipinski definition) is 3. The van der Waals surface area contributed by atoms with Crippen LogP contribution >= 0.6 is 11.8 Å². The van der Waals surface area contributed by atoms with Crippen LogP contribution in [0.2, 0.25) is 0 Å². The maximum absolute atomic E-state index is 4.88. The van der Waals surface area contributed by atoms with Crippen molar-refractivity contribution in [2.24, 2.45) is 10.9 Å². The van der Waals surface area contributed by atoms with E-state index in [1.165, 1.54) is 16.8 Å². The fourth-order valence-electron chi connectivity index (χ4n) is 3.15. The predicted octanol–water partition coefficient (Wildman–Crippen LogP) is 5.69. The highest BCUT2D eigenvalue weighted by Crippen LogP contribution is 2.37. The molecule has 0 bridgehead atoms. The van der Waals surface area contributed by atoms with Crippen LogP contribution in [0.3, 0.4) is 0 Å². The van der Waals surface area contributed by atoms with Gasteiger partial charge in [-0.1, -0.05) is 56.5 Å². The molecule has 0 aromatic heterocycles. The van der Waals surface area contributed by atoms with Gasteiger partial charge in [0.05, 0.1) is 6.54 Å². The lowest BCUT2D eigenvalue weighted by Gasteiger charge is -2.30. The second-order valence-electron chi connectivity index (χ2n) is 6.06. The molecule has 2 heterocycles. The van der Waals surface area contributed by atoms with E-state index in [1.807, 2.05) is 13.0 Å². The third-order valence-corrected chi connectivity index (χ3v) is 4.94. The molecule has 1 saturated heterocycles. The van der Waals surface area contributed by atoms with Gasteiger partial charge in [0.1, 0.15) is 5.84 Å². The average molecular weight is 329 g/mol. The smallest absolute Gasteiger partial charge is 0.141 e. The molecule has 2 nitrogen and oxygen atoms in total. The van der Waals surface area contributed by atoms with E-state index in [-0.39, 0.29) is 0 Å². The normalized spacial score (nSPS) is 22.3. The Kier molecular flexibility index (Phi) is 6.52. The van der Waals surface area contributed by atoms with Crippen LogP contribution in [0.4, 0.5) is 0 Å². The molecule has 0 spiro atoms. The van der Waals surface area contributed by atoms with Crippen molar-refractivity contribution >= 4 is 17.6 Å². The molecule has 0 radical (unpaired) electrons. The van der Waals surface area contributed by atoms with E-state index in [1.54, 1.807) is 11.8 Å². The lowest BCUT2D eigenvalue weighted by Crippen LogP contribution is -2.32. The minimum atomic E-state index is 0.663. The third kappa shape index (κ3) is 4.08. The molecule has 23 heavy (non-hydrogen) atoms. The van der Waals surface area contributed by atoms with Crippen molar-refractivity contribution in [1.29, 1.82) is 0 Å². The van der Waals surface area contributed by atoms with Crippen molar-refractivity contribution in [3.63, 3.8) is 0 Å². The Bertz CT molecular complexity index is 605. The molecule has 124 valence electrons. The van der Waals surface area contributed by atoms with Gasteiger partial charge in [0, 0.05) is 17.1 Å². The number of amidine groups is 1. The van der Waals surface area contributed by atoms with Crippen molar-refractivity contribution in [2.75, 3.05) is 13.1 Å². The molecule has 1 atom stereocenters. The number of hydrogen-bond donors (Lipinski definition) is 0. The van der Waals surface area contributed by atoms with E-state index >= 15 is 0 Å². The number of allylic oxidation sites excluding steroid dienone is 5. The lowest BCUT2D eigenvalue weighted by molar-refractivity contribution is 0.521. The number of nitrogens with zero attached hydrogens (tertiary/aromatic N) is 2. The SMILES string of the molecule is C=C(S/C=C\C)C1=NCC(C(/C=C\C)=C/CC)=C2CC(C)CN12. The Hall–Kier alpha value is -1.48. The first-order valence-electron chi connectivity index (χ1n) is 8.46. The summed E-state index contributed by atoms with van der Waals surface area (Å²) in [7, 11) is 0. The average Bonchev–Trinajstić information content (AvgIpc) is 2.92. The first-order chi connectivity index (χ1) is 11.1. The van der Waals surface area contributed by atoms with Crippen molar-refractivity contribution in [3.8, 4) is 0 Å². The van der Waals surface area contributed by atoms with Crippen LogP contribution < -0.4 is 0 Å². The number of aliphatic imine (C=N–C) groups is 1. The summed E-state index contributed by atoms with van der Waals surface area (Å²) in [6.07, 6.45) is 10.9. The van der Waals surface area contributed by atoms with Crippen LogP contribution in [-0.4, -0.2) is 23.8 Å². The molecule has 0 aromatic carbocycles. The third-order valence-electron chi connectivity index (χ3n) is 4.07. The Morgan fingerprint density at radius 2 is 2.17 bits per heavy atom. The van der Waals surface area contributed by atoms with Gasteiger partial charge in [-0.05, 0) is 49.2 Å². The molecule has 0 aromatic rings. The van der Waals surface area contributed by atoms with Crippen molar-refractivity contribution in [1.82, 2.24) is 4.90 Å². The Morgan fingerprint density at radius 1 is 1.39 bits per heavy atom. The summed E-state index contributed by atoms with van der Waals surface area (Å²) in [6, 6.07) is 0. The molecule has 2 rings (SSSR count). The number of rotatable bonds is 6. The molecule has 0 saturated carbocycles. The van der Waals surface area contributed by atoms with E-state index in [9.17, 15) is 0 Å². The summed E-state index contributed by atoms with van der Waals surface area (Å²) in [4.78, 5) is 8.32. The summed E-state index contributed by atoms with van der Waals surface area (Å²) in [5.41, 5.74) is 4.17. The van der Waals surface area contributed by atoms with Crippen LogP contribution in [0.5, 0.6) is 0 Å². The monoisotopic (exact) mass is 328 g/mol. The lowest BCUT2D eigenvalue weighted by atomic mass is 9.98. The largest absolute Gasteiger partial charge is 0.329 e. The van der Waals surface area contributed by atoms with E-state index in [4.69, 9.17) is 4.99 Å². The molecule has 1 fully saturated rings. The van der Waals surface area contributed by atoms with Gasteiger partial charge in [0.15, 0.2) is 0 Å². The van der Waals surface area contributed by atoms with Gasteiger partial charge in [-0.3, -0.25) is 4.99 Å². The van der Waals surface area contributed by atoms with Gasteiger partial charge in [0.2, 0.25) is 0 Å². The maximum Gasteiger partial charge on any atom is 0.141 e. The van der Waals surface area contributed by atoms with Gasteiger partial charge in [0.25, 0.3) is 0 Å². The highest BCUT2D eigenvalue weighted by Gasteiger charge is 2.33. The molecule has 1 unspecified atom stereocenters. The Labute approximate surface area is 145 Å². The summed E-state index contributed by atoms with van der Waals surface area (Å²) in [6.45, 7) is 14.7. The molecule has 2 aliphatic rings. The summed E-state index contributed by atoms with van der Waals surface area (Å²) in [5.74, 6) is 1.73. The molecule has 3 heteroatoms. The number of thioether (sulfide) groups is 1. The van der Waals surface area contributed by atoms with Gasteiger partial charge in [-0.2, -0.15) is 0 Å². The zero-order valence-corrected chi connectivity index (χ0v) is 15.6. The molecule has 2 aliphatic heterocycles. The number of fused-ring (bicyclic) bond motifs is 1. The van der Waals surface area contributed by atoms with E-state index in [0.29, 0.717) is 5.92 Å². The van der Waals surface area contributed by atoms with Gasteiger partial charge in [-0.25, -0.2) is 0 Å². The van der Waals surface area contributed by atoms with Crippen LogP contribution in [0, 0.1) is 5.92 Å². The second-order valence-corrected chi connectivity index (χ2v) is 7.06. The molecule has 0 amide bonds. The van der Waals surface area contributed by atoms with Crippen LogP contribution in [0.15, 0.2) is 63.0 Å². The Balaban J connectivity index is 2.35. The first kappa shape index (κ1) is 17.9. The van der Waals surface area contributed by atoms with Gasteiger partial charge >= 0.3 is 0 Å². The first-order valence-corrected chi connectivity index (χ1v) is 9.34. The predicted molar refractivity (Wildman–Crippen MR) is 105 cm³/mol. The van der Waals surface area contributed by atoms with E-state index < -0.39 is 0 Å². The topological polar surface area (TPSA) is 15.6 Å². The minimum Gasteiger partial charge on any atom is -0.329 e. The second kappa shape index (κ2) is 8.39. The van der Waals surface area contributed by atoms with E-state index in [2.05, 4.69) is 55.9 Å². The minimum absolute atomic E-state index is 0.663. The summed E-state index contributed by atoms with van der Waals surface area (Å²) >= 11 is 1.66. The standard InChI is InChI=1S/C20H28N2S/c1-6-9-17(10-7-2)18-13-21-20(16(5)23-11-8-3)22-14-15(4)12-19(18)22/h6,8-11,15H,5,7,12-14H2,1-4H3/b9-6-,11-8-,17-10+. The van der Waals surface area contributed by atoms with Gasteiger partial charge < -0.3 is 4.90 Å². The summed E-state index contributed by atoms with van der Waals surface area (Å²) < 4.78 is 0. The fraction of sp³-hybridized carbons (Fsp3) is 0.450. The Morgan fingerprint density at radius 3 is 2.83 bits per heavy atom. The highest BCUT2D eigenvalue weighted by molar-refractivity contribution is 8.06. The molecule has 0 N–H and O–H groups in total. The van der Waals surface area contributed by atoms with Crippen molar-refractivity contribution < 1.29 is 0 Å². The fourth-order valence-corrected chi connectivity index (χ4v) is 3.73.